The molecule has 0 N–H and O–H groups in total. The Kier molecular flexibility index (Phi) is 6.02. The predicted molar refractivity (Wildman–Crippen MR) is 92.2 cm³/mol. The third-order valence-corrected chi connectivity index (χ3v) is 4.18. The van der Waals surface area contributed by atoms with Gasteiger partial charge in [-0.3, -0.25) is 0 Å². The van der Waals surface area contributed by atoms with Gasteiger partial charge in [0.05, 0.1) is 12.3 Å². The van der Waals surface area contributed by atoms with Crippen molar-refractivity contribution in [1.29, 1.82) is 0 Å². The van der Waals surface area contributed by atoms with Crippen LogP contribution in [0.3, 0.4) is 0 Å². The van der Waals surface area contributed by atoms with Crippen molar-refractivity contribution >= 4 is 6.09 Å². The average Bonchev–Trinajstić information content (AvgIpc) is 2.53. The number of carbonyl (C=O) groups excluding carboxylic acids is 1. The van der Waals surface area contributed by atoms with Crippen LogP contribution in [-0.2, 0) is 11.2 Å². The van der Waals surface area contributed by atoms with E-state index in [2.05, 4.69) is 17.1 Å². The monoisotopic (exact) mass is 335 g/mol. The quantitative estimate of drug-likeness (QED) is 0.844. The zero-order valence-corrected chi connectivity index (χ0v) is 15.5. The van der Waals surface area contributed by atoms with Crippen molar-refractivity contribution in [1.82, 2.24) is 15.1 Å². The zero-order chi connectivity index (χ0) is 17.7. The molecule has 1 fully saturated rings. The van der Waals surface area contributed by atoms with Gasteiger partial charge in [0.1, 0.15) is 5.60 Å². The van der Waals surface area contributed by atoms with Crippen LogP contribution in [0.1, 0.15) is 51.8 Å². The molecule has 1 amide bonds. The van der Waals surface area contributed by atoms with Gasteiger partial charge in [0.15, 0.2) is 0 Å². The Balaban J connectivity index is 1.78. The standard InChI is InChI=1S/C18H29N3O3/c1-6-15-11-16(20-19-13(15)2)23-12-14-7-9-21(10-8-14)17(22)24-18(3,4)5/h11,14H,6-10,12H2,1-5H3. The number of aryl methyl sites for hydroxylation is 2. The van der Waals surface area contributed by atoms with E-state index in [-0.39, 0.29) is 6.09 Å². The van der Waals surface area contributed by atoms with Gasteiger partial charge in [-0.05, 0) is 58.4 Å². The van der Waals surface area contributed by atoms with Crippen molar-refractivity contribution in [2.75, 3.05) is 19.7 Å². The summed E-state index contributed by atoms with van der Waals surface area (Å²) in [7, 11) is 0. The van der Waals surface area contributed by atoms with Crippen molar-refractivity contribution in [2.45, 2.75) is 59.5 Å². The molecule has 134 valence electrons. The Labute approximate surface area is 144 Å². The highest BCUT2D eigenvalue weighted by atomic mass is 16.6. The van der Waals surface area contributed by atoms with Gasteiger partial charge in [-0.25, -0.2) is 4.79 Å². The van der Waals surface area contributed by atoms with Crippen molar-refractivity contribution in [3.8, 4) is 5.88 Å². The van der Waals surface area contributed by atoms with Crippen LogP contribution in [0.4, 0.5) is 4.79 Å². The second-order valence-corrected chi connectivity index (χ2v) is 7.37. The highest BCUT2D eigenvalue weighted by Crippen LogP contribution is 2.21. The molecular weight excluding hydrogens is 306 g/mol. The number of hydrogen-bond donors (Lipinski definition) is 0. The lowest BCUT2D eigenvalue weighted by Crippen LogP contribution is -2.42. The van der Waals surface area contributed by atoms with Crippen molar-refractivity contribution in [3.63, 3.8) is 0 Å². The highest BCUT2D eigenvalue weighted by Gasteiger charge is 2.27. The smallest absolute Gasteiger partial charge is 0.410 e. The van der Waals surface area contributed by atoms with E-state index in [4.69, 9.17) is 9.47 Å². The molecule has 1 aliphatic rings. The molecule has 1 aromatic heterocycles. The molecular formula is C18H29N3O3. The number of ether oxygens (including phenoxy) is 2. The molecule has 0 radical (unpaired) electrons. The van der Waals surface area contributed by atoms with E-state index in [1.165, 1.54) is 5.56 Å². The van der Waals surface area contributed by atoms with Gasteiger partial charge in [-0.15, -0.1) is 5.10 Å². The summed E-state index contributed by atoms with van der Waals surface area (Å²) in [6.07, 6.45) is 2.53. The summed E-state index contributed by atoms with van der Waals surface area (Å²) in [6, 6.07) is 1.97. The maximum absolute atomic E-state index is 12.1. The van der Waals surface area contributed by atoms with Gasteiger partial charge < -0.3 is 14.4 Å². The summed E-state index contributed by atoms with van der Waals surface area (Å²) < 4.78 is 11.2. The second-order valence-electron chi connectivity index (χ2n) is 7.37. The molecule has 0 aromatic carbocycles. The summed E-state index contributed by atoms with van der Waals surface area (Å²) in [5.74, 6) is 1.02. The maximum atomic E-state index is 12.1. The van der Waals surface area contributed by atoms with E-state index in [0.717, 1.165) is 25.0 Å². The van der Waals surface area contributed by atoms with E-state index in [1.807, 2.05) is 33.8 Å². The Bertz CT molecular complexity index is 561. The van der Waals surface area contributed by atoms with Crippen LogP contribution >= 0.6 is 0 Å². The molecule has 0 atom stereocenters. The molecule has 6 nitrogen and oxygen atoms in total. The largest absolute Gasteiger partial charge is 0.476 e. The summed E-state index contributed by atoms with van der Waals surface area (Å²) in [4.78, 5) is 13.8. The predicted octanol–water partition coefficient (Wildman–Crippen LogP) is 3.37. The van der Waals surface area contributed by atoms with Gasteiger partial charge in [-0.1, -0.05) is 6.92 Å². The molecule has 0 aliphatic carbocycles. The van der Waals surface area contributed by atoms with Crippen LogP contribution in [0.2, 0.25) is 0 Å². The highest BCUT2D eigenvalue weighted by molar-refractivity contribution is 5.68. The van der Waals surface area contributed by atoms with Crippen molar-refractivity contribution in [2.24, 2.45) is 5.92 Å². The first-order valence-corrected chi connectivity index (χ1v) is 8.72. The van der Waals surface area contributed by atoms with Gasteiger partial charge in [0.2, 0.25) is 5.88 Å². The number of rotatable bonds is 4. The third-order valence-electron chi connectivity index (χ3n) is 4.18. The van der Waals surface area contributed by atoms with Crippen molar-refractivity contribution in [3.05, 3.63) is 17.3 Å². The molecule has 2 rings (SSSR count). The number of hydrogen-bond acceptors (Lipinski definition) is 5. The summed E-state index contributed by atoms with van der Waals surface area (Å²) in [6.45, 7) is 11.8. The minimum Gasteiger partial charge on any atom is -0.476 e. The Morgan fingerprint density at radius 1 is 1.29 bits per heavy atom. The normalized spacial score (nSPS) is 16.1. The molecule has 24 heavy (non-hydrogen) atoms. The molecule has 0 unspecified atom stereocenters. The van der Waals surface area contributed by atoms with E-state index in [1.54, 1.807) is 4.90 Å². The summed E-state index contributed by atoms with van der Waals surface area (Å²) in [5.41, 5.74) is 1.67. The van der Waals surface area contributed by atoms with Crippen LogP contribution in [0.25, 0.3) is 0 Å². The van der Waals surface area contributed by atoms with E-state index in [9.17, 15) is 4.79 Å². The number of piperidine rings is 1. The maximum Gasteiger partial charge on any atom is 0.410 e. The number of carbonyl (C=O) groups is 1. The molecule has 1 aromatic rings. The summed E-state index contributed by atoms with van der Waals surface area (Å²) >= 11 is 0. The van der Waals surface area contributed by atoms with Crippen LogP contribution in [0.5, 0.6) is 5.88 Å². The molecule has 2 heterocycles. The Morgan fingerprint density at radius 3 is 2.54 bits per heavy atom. The van der Waals surface area contributed by atoms with E-state index in [0.29, 0.717) is 31.5 Å². The first-order chi connectivity index (χ1) is 11.3. The molecule has 6 heteroatoms. The van der Waals surface area contributed by atoms with Gasteiger partial charge >= 0.3 is 6.09 Å². The molecule has 1 aliphatic heterocycles. The third kappa shape index (κ3) is 5.35. The first kappa shape index (κ1) is 18.5. The number of aromatic nitrogens is 2. The molecule has 0 spiro atoms. The van der Waals surface area contributed by atoms with E-state index < -0.39 is 5.60 Å². The van der Waals surface area contributed by atoms with Gasteiger partial charge in [-0.2, -0.15) is 5.10 Å². The molecule has 0 saturated carbocycles. The lowest BCUT2D eigenvalue weighted by molar-refractivity contribution is 0.0164. The average molecular weight is 335 g/mol. The van der Waals surface area contributed by atoms with E-state index >= 15 is 0 Å². The lowest BCUT2D eigenvalue weighted by atomic mass is 9.98. The minimum absolute atomic E-state index is 0.223. The topological polar surface area (TPSA) is 64.5 Å². The van der Waals surface area contributed by atoms with Crippen molar-refractivity contribution < 1.29 is 14.3 Å². The number of likely N-dealkylation sites (tertiary alicyclic amines) is 1. The van der Waals surface area contributed by atoms with Crippen LogP contribution in [-0.4, -0.2) is 46.5 Å². The minimum atomic E-state index is -0.446. The molecule has 1 saturated heterocycles. The van der Waals surface area contributed by atoms with Crippen LogP contribution in [0.15, 0.2) is 6.07 Å². The molecule has 0 bridgehead atoms. The second kappa shape index (κ2) is 7.81. The first-order valence-electron chi connectivity index (χ1n) is 8.72. The zero-order valence-electron chi connectivity index (χ0n) is 15.5. The Hall–Kier alpha value is -1.85. The summed E-state index contributed by atoms with van der Waals surface area (Å²) in [5, 5.41) is 8.24. The van der Waals surface area contributed by atoms with Gasteiger partial charge in [0.25, 0.3) is 0 Å². The fourth-order valence-electron chi connectivity index (χ4n) is 2.71. The lowest BCUT2D eigenvalue weighted by Gasteiger charge is -2.33. The number of nitrogens with zero attached hydrogens (tertiary/aromatic N) is 3. The SMILES string of the molecule is CCc1cc(OCC2CCN(C(=O)OC(C)(C)C)CC2)nnc1C. The van der Waals surface area contributed by atoms with Gasteiger partial charge in [0, 0.05) is 19.2 Å². The number of amides is 1. The Morgan fingerprint density at radius 2 is 1.96 bits per heavy atom. The van der Waals surface area contributed by atoms with Crippen LogP contribution < -0.4 is 4.74 Å². The fourth-order valence-corrected chi connectivity index (χ4v) is 2.71. The van der Waals surface area contributed by atoms with Crippen LogP contribution in [0, 0.1) is 12.8 Å². The fraction of sp³-hybridized carbons (Fsp3) is 0.722.